The summed E-state index contributed by atoms with van der Waals surface area (Å²) in [4.78, 5) is 17.9. The van der Waals surface area contributed by atoms with Crippen LogP contribution < -0.4 is 10.2 Å². The zero-order chi connectivity index (χ0) is 16.4. The molecule has 1 amide bonds. The summed E-state index contributed by atoms with van der Waals surface area (Å²) in [6.07, 6.45) is 1.80. The average Bonchev–Trinajstić information content (AvgIpc) is 2.97. The Labute approximate surface area is 139 Å². The van der Waals surface area contributed by atoms with Gasteiger partial charge in [0.05, 0.1) is 16.8 Å². The first-order valence-corrected chi connectivity index (χ1v) is 8.89. The molecule has 0 unspecified atom stereocenters. The van der Waals surface area contributed by atoms with Gasteiger partial charge in [0.1, 0.15) is 5.67 Å². The largest absolute Gasteiger partial charge is 0.353 e. The lowest BCUT2D eigenvalue weighted by molar-refractivity contribution is -0.119. The molecule has 3 rings (SSSR count). The smallest absolute Gasteiger partial charge is 0.216 e. The number of rotatable bonds is 4. The van der Waals surface area contributed by atoms with Crippen molar-refractivity contribution < 1.29 is 9.18 Å². The maximum atomic E-state index is 14.7. The topological polar surface area (TPSA) is 45.2 Å². The van der Waals surface area contributed by atoms with Gasteiger partial charge in [-0.3, -0.25) is 4.79 Å². The number of benzene rings is 1. The molecule has 0 aliphatic carbocycles. The second-order valence-corrected chi connectivity index (χ2v) is 7.17. The first kappa shape index (κ1) is 16.2. The SMILES string of the molecule is CCc1cccc2sc(N3CCC(F)(CNC(C)=O)CC3)nc12. The lowest BCUT2D eigenvalue weighted by Gasteiger charge is -2.36. The average molecular weight is 335 g/mol. The van der Waals surface area contributed by atoms with E-state index in [2.05, 4.69) is 35.3 Å². The van der Waals surface area contributed by atoms with Crippen LogP contribution >= 0.6 is 11.3 Å². The summed E-state index contributed by atoms with van der Waals surface area (Å²) in [7, 11) is 0. The highest BCUT2D eigenvalue weighted by atomic mass is 32.1. The van der Waals surface area contributed by atoms with Crippen LogP contribution in [0.1, 0.15) is 32.3 Å². The fourth-order valence-electron chi connectivity index (χ4n) is 2.97. The Morgan fingerprint density at radius 3 is 2.83 bits per heavy atom. The molecule has 2 aromatic rings. The molecule has 124 valence electrons. The van der Waals surface area contributed by atoms with Crippen molar-refractivity contribution in [2.45, 2.75) is 38.8 Å². The first-order valence-electron chi connectivity index (χ1n) is 8.07. The van der Waals surface area contributed by atoms with Gasteiger partial charge in [-0.15, -0.1) is 0 Å². The Morgan fingerprint density at radius 2 is 2.17 bits per heavy atom. The number of amides is 1. The molecule has 0 bridgehead atoms. The van der Waals surface area contributed by atoms with Crippen molar-refractivity contribution in [2.24, 2.45) is 0 Å². The highest BCUT2D eigenvalue weighted by Gasteiger charge is 2.35. The van der Waals surface area contributed by atoms with Gasteiger partial charge < -0.3 is 10.2 Å². The number of aromatic nitrogens is 1. The standard InChI is InChI=1S/C17H22FN3OS/c1-3-13-5-4-6-14-15(13)20-16(23-14)21-9-7-17(18,8-10-21)11-19-12(2)22/h4-6H,3,7-11H2,1-2H3,(H,19,22). The maximum absolute atomic E-state index is 14.7. The number of para-hydroxylation sites is 1. The summed E-state index contributed by atoms with van der Waals surface area (Å²) in [5, 5.41) is 3.58. The minimum absolute atomic E-state index is 0.107. The fourth-order valence-corrected chi connectivity index (χ4v) is 4.04. The summed E-state index contributed by atoms with van der Waals surface area (Å²) in [6, 6.07) is 6.28. The van der Waals surface area contributed by atoms with Crippen molar-refractivity contribution >= 4 is 32.6 Å². The van der Waals surface area contributed by atoms with Crippen molar-refractivity contribution in [2.75, 3.05) is 24.5 Å². The number of piperidine rings is 1. The van der Waals surface area contributed by atoms with Gasteiger partial charge in [-0.05, 0) is 18.1 Å². The van der Waals surface area contributed by atoms with Crippen LogP contribution in [-0.4, -0.2) is 36.2 Å². The molecular weight excluding hydrogens is 313 g/mol. The highest BCUT2D eigenvalue weighted by Crippen LogP contribution is 2.34. The van der Waals surface area contributed by atoms with Gasteiger partial charge in [0.15, 0.2) is 5.13 Å². The van der Waals surface area contributed by atoms with Crippen LogP contribution in [0.4, 0.5) is 9.52 Å². The minimum Gasteiger partial charge on any atom is -0.353 e. The van der Waals surface area contributed by atoms with Crippen LogP contribution in [0.2, 0.25) is 0 Å². The van der Waals surface area contributed by atoms with E-state index in [1.807, 2.05) is 0 Å². The van der Waals surface area contributed by atoms with Crippen molar-refractivity contribution in [1.82, 2.24) is 10.3 Å². The van der Waals surface area contributed by atoms with Gasteiger partial charge >= 0.3 is 0 Å². The molecule has 1 aromatic heterocycles. The number of fused-ring (bicyclic) bond motifs is 1. The number of hydrogen-bond acceptors (Lipinski definition) is 4. The summed E-state index contributed by atoms with van der Waals surface area (Å²) in [5.41, 5.74) is 1.03. The van der Waals surface area contributed by atoms with Gasteiger partial charge in [-0.1, -0.05) is 30.4 Å². The number of halogens is 1. The quantitative estimate of drug-likeness (QED) is 0.932. The third-order valence-electron chi connectivity index (χ3n) is 4.46. The van der Waals surface area contributed by atoms with E-state index in [0.717, 1.165) is 17.1 Å². The van der Waals surface area contributed by atoms with Gasteiger partial charge in [0.25, 0.3) is 0 Å². The number of carbonyl (C=O) groups is 1. The van der Waals surface area contributed by atoms with Crippen LogP contribution in [0, 0.1) is 0 Å². The van der Waals surface area contributed by atoms with Crippen molar-refractivity contribution in [1.29, 1.82) is 0 Å². The summed E-state index contributed by atoms with van der Waals surface area (Å²) >= 11 is 1.67. The second kappa shape index (κ2) is 6.43. The second-order valence-electron chi connectivity index (χ2n) is 6.16. The molecule has 1 aromatic carbocycles. The zero-order valence-electron chi connectivity index (χ0n) is 13.6. The minimum atomic E-state index is -1.30. The van der Waals surface area contributed by atoms with E-state index in [4.69, 9.17) is 4.98 Å². The van der Waals surface area contributed by atoms with Gasteiger partial charge in [-0.25, -0.2) is 9.37 Å². The molecule has 1 aliphatic rings. The van der Waals surface area contributed by atoms with E-state index < -0.39 is 5.67 Å². The molecule has 0 radical (unpaired) electrons. The molecule has 1 aliphatic heterocycles. The van der Waals surface area contributed by atoms with E-state index in [1.54, 1.807) is 11.3 Å². The van der Waals surface area contributed by atoms with E-state index in [9.17, 15) is 9.18 Å². The molecule has 1 fully saturated rings. The molecule has 4 nitrogen and oxygen atoms in total. The van der Waals surface area contributed by atoms with Crippen molar-refractivity contribution in [3.63, 3.8) is 0 Å². The molecule has 0 atom stereocenters. The fraction of sp³-hybridized carbons (Fsp3) is 0.529. The van der Waals surface area contributed by atoms with Crippen molar-refractivity contribution in [3.05, 3.63) is 23.8 Å². The maximum Gasteiger partial charge on any atom is 0.216 e. The Morgan fingerprint density at radius 1 is 1.43 bits per heavy atom. The van der Waals surface area contributed by atoms with Crippen LogP contribution in [0.25, 0.3) is 10.2 Å². The number of nitrogens with zero attached hydrogens (tertiary/aromatic N) is 2. The monoisotopic (exact) mass is 335 g/mol. The Bertz CT molecular complexity index is 707. The van der Waals surface area contributed by atoms with Gasteiger partial charge in [0.2, 0.25) is 5.91 Å². The van der Waals surface area contributed by atoms with E-state index >= 15 is 0 Å². The molecule has 6 heteroatoms. The number of alkyl halides is 1. The summed E-state index contributed by atoms with van der Waals surface area (Å²) < 4.78 is 15.9. The number of hydrogen-bond donors (Lipinski definition) is 1. The van der Waals surface area contributed by atoms with Gasteiger partial charge in [-0.2, -0.15) is 0 Å². The first-order chi connectivity index (χ1) is 11.0. The Hall–Kier alpha value is -1.69. The lowest BCUT2D eigenvalue weighted by atomic mass is 9.93. The highest BCUT2D eigenvalue weighted by molar-refractivity contribution is 7.22. The number of aryl methyl sites for hydroxylation is 1. The van der Waals surface area contributed by atoms with Crippen LogP contribution in [0.5, 0.6) is 0 Å². The molecular formula is C17H22FN3OS. The third kappa shape index (κ3) is 3.47. The van der Waals surface area contributed by atoms with Crippen LogP contribution in [-0.2, 0) is 11.2 Å². The van der Waals surface area contributed by atoms with Crippen molar-refractivity contribution in [3.8, 4) is 0 Å². The lowest BCUT2D eigenvalue weighted by Crippen LogP contribution is -2.48. The predicted molar refractivity (Wildman–Crippen MR) is 93.0 cm³/mol. The molecule has 0 saturated carbocycles. The Balaban J connectivity index is 1.71. The molecule has 1 saturated heterocycles. The van der Waals surface area contributed by atoms with E-state index in [-0.39, 0.29) is 12.5 Å². The van der Waals surface area contributed by atoms with Crippen LogP contribution in [0.3, 0.4) is 0 Å². The number of anilines is 1. The zero-order valence-corrected chi connectivity index (χ0v) is 14.4. The molecule has 1 N–H and O–H groups in total. The summed E-state index contributed by atoms with van der Waals surface area (Å²) in [5.74, 6) is -0.178. The van der Waals surface area contributed by atoms with Gasteiger partial charge in [0, 0.05) is 32.9 Å². The number of thiazole rings is 1. The molecule has 0 spiro atoms. The van der Waals surface area contributed by atoms with E-state index in [0.29, 0.717) is 25.9 Å². The predicted octanol–water partition coefficient (Wildman–Crippen LogP) is 3.30. The number of carbonyl (C=O) groups excluding carboxylic acids is 1. The molecule has 2 heterocycles. The third-order valence-corrected chi connectivity index (χ3v) is 5.54. The van der Waals surface area contributed by atoms with E-state index in [1.165, 1.54) is 17.2 Å². The molecule has 23 heavy (non-hydrogen) atoms. The van der Waals surface area contributed by atoms with Crippen LogP contribution in [0.15, 0.2) is 18.2 Å². The Kier molecular flexibility index (Phi) is 4.53. The number of nitrogens with one attached hydrogen (secondary N) is 1. The normalized spacial score (nSPS) is 17.4. The summed E-state index contributed by atoms with van der Waals surface area (Å²) in [6.45, 7) is 4.93.